The van der Waals surface area contributed by atoms with E-state index in [-0.39, 0.29) is 24.9 Å². The molecule has 1 aromatic carbocycles. The number of nitrogens with zero attached hydrogens (tertiary/aromatic N) is 2. The number of alkyl halides is 2. The van der Waals surface area contributed by atoms with Crippen molar-refractivity contribution >= 4 is 34.9 Å². The van der Waals surface area contributed by atoms with E-state index in [2.05, 4.69) is 20.4 Å². The van der Waals surface area contributed by atoms with Gasteiger partial charge >= 0.3 is 6.03 Å². The molecule has 0 aromatic heterocycles. The van der Waals surface area contributed by atoms with Gasteiger partial charge in [-0.05, 0) is 62.6 Å². The highest BCUT2D eigenvalue weighted by Crippen LogP contribution is 2.34. The summed E-state index contributed by atoms with van der Waals surface area (Å²) in [6.45, 7) is 5.81. The highest BCUT2D eigenvalue weighted by molar-refractivity contribution is 6.43. The summed E-state index contributed by atoms with van der Waals surface area (Å²) in [5, 5.41) is 7.10. The molecular weight excluding hydrogens is 493 g/mol. The minimum Gasteiger partial charge on any atom is -0.368 e. The van der Waals surface area contributed by atoms with Crippen LogP contribution in [0, 0.1) is 11.8 Å². The standard InChI is InChI=1S/C26H38Cl2F2N4O/c27-22-2-1-3-23(24(22)28)34-16-14-33(15-17-34)13-10-19-4-6-20(7-5-19)18-31-25(35)32-21-8-11-26(29,30)12-9-21/h1-3,19-21H,4-18H2,(H2,31,32,35). The van der Waals surface area contributed by atoms with Crippen molar-refractivity contribution < 1.29 is 13.6 Å². The number of amides is 2. The van der Waals surface area contributed by atoms with E-state index in [1.807, 2.05) is 18.2 Å². The van der Waals surface area contributed by atoms with Gasteiger partial charge in [0.15, 0.2) is 0 Å². The number of carbonyl (C=O) groups is 1. The smallest absolute Gasteiger partial charge is 0.315 e. The Morgan fingerprint density at radius 1 is 0.971 bits per heavy atom. The molecule has 9 heteroatoms. The third-order valence-electron chi connectivity index (χ3n) is 8.07. The van der Waals surface area contributed by atoms with Crippen LogP contribution in [-0.4, -0.2) is 62.2 Å². The van der Waals surface area contributed by atoms with E-state index in [1.165, 1.54) is 19.3 Å². The van der Waals surface area contributed by atoms with Crippen molar-refractivity contribution in [2.24, 2.45) is 11.8 Å². The molecule has 2 N–H and O–H groups in total. The highest BCUT2D eigenvalue weighted by Gasteiger charge is 2.35. The summed E-state index contributed by atoms with van der Waals surface area (Å²) in [5.41, 5.74) is 1.03. The molecule has 1 aromatic rings. The van der Waals surface area contributed by atoms with E-state index in [4.69, 9.17) is 23.2 Å². The fourth-order valence-corrected chi connectivity index (χ4v) is 6.11. The van der Waals surface area contributed by atoms with Gasteiger partial charge in [-0.15, -0.1) is 0 Å². The van der Waals surface area contributed by atoms with Crippen LogP contribution in [0.15, 0.2) is 18.2 Å². The number of hydrogen-bond donors (Lipinski definition) is 2. The lowest BCUT2D eigenvalue weighted by atomic mass is 9.80. The Morgan fingerprint density at radius 2 is 1.63 bits per heavy atom. The Morgan fingerprint density at radius 3 is 2.31 bits per heavy atom. The van der Waals surface area contributed by atoms with Crippen LogP contribution in [0.2, 0.25) is 10.0 Å². The topological polar surface area (TPSA) is 47.6 Å². The van der Waals surface area contributed by atoms with Gasteiger partial charge in [0.1, 0.15) is 0 Å². The molecule has 0 spiro atoms. The molecule has 2 saturated carbocycles. The maximum atomic E-state index is 13.3. The summed E-state index contributed by atoms with van der Waals surface area (Å²) in [7, 11) is 0. The molecular formula is C26H38Cl2F2N4O. The van der Waals surface area contributed by atoms with Gasteiger partial charge in [0.25, 0.3) is 0 Å². The molecule has 5 nitrogen and oxygen atoms in total. The SMILES string of the molecule is O=C(NCC1CCC(CCN2CCN(c3cccc(Cl)c3Cl)CC2)CC1)NC1CCC(F)(F)CC1. The Hall–Kier alpha value is -1.31. The quantitative estimate of drug-likeness (QED) is 0.441. The third kappa shape index (κ3) is 7.83. The summed E-state index contributed by atoms with van der Waals surface area (Å²) in [6, 6.07) is 5.48. The second kappa shape index (κ2) is 12.3. The lowest BCUT2D eigenvalue weighted by Crippen LogP contribution is -2.47. The lowest BCUT2D eigenvalue weighted by Gasteiger charge is -2.37. The van der Waals surface area contributed by atoms with Gasteiger partial charge in [-0.3, -0.25) is 4.90 Å². The zero-order chi connectivity index (χ0) is 24.8. The number of benzene rings is 1. The van der Waals surface area contributed by atoms with E-state index in [0.29, 0.717) is 35.3 Å². The molecule has 35 heavy (non-hydrogen) atoms. The average Bonchev–Trinajstić information content (AvgIpc) is 2.85. The second-order valence-corrected chi connectivity index (χ2v) is 11.3. The second-order valence-electron chi connectivity index (χ2n) is 10.6. The van der Waals surface area contributed by atoms with Crippen molar-refractivity contribution in [1.29, 1.82) is 0 Å². The number of carbonyl (C=O) groups excluding carboxylic acids is 1. The van der Waals surface area contributed by atoms with Crippen molar-refractivity contribution in [3.63, 3.8) is 0 Å². The van der Waals surface area contributed by atoms with Crippen molar-refractivity contribution in [1.82, 2.24) is 15.5 Å². The van der Waals surface area contributed by atoms with Crippen LogP contribution in [0.4, 0.5) is 19.3 Å². The Kier molecular flexibility index (Phi) is 9.39. The number of piperazine rings is 1. The molecule has 2 aliphatic carbocycles. The van der Waals surface area contributed by atoms with Crippen LogP contribution < -0.4 is 15.5 Å². The predicted molar refractivity (Wildman–Crippen MR) is 139 cm³/mol. The van der Waals surface area contributed by atoms with Crippen LogP contribution in [0.25, 0.3) is 0 Å². The molecule has 1 saturated heterocycles. The zero-order valence-corrected chi connectivity index (χ0v) is 21.9. The maximum absolute atomic E-state index is 13.3. The normalized spacial score (nSPS) is 25.9. The molecule has 3 aliphatic rings. The summed E-state index contributed by atoms with van der Waals surface area (Å²) < 4.78 is 26.5. The van der Waals surface area contributed by atoms with Gasteiger partial charge < -0.3 is 15.5 Å². The predicted octanol–water partition coefficient (Wildman–Crippen LogP) is 6.19. The largest absolute Gasteiger partial charge is 0.368 e. The van der Waals surface area contributed by atoms with Crippen LogP contribution in [0.5, 0.6) is 0 Å². The van der Waals surface area contributed by atoms with Gasteiger partial charge in [0.2, 0.25) is 5.92 Å². The van der Waals surface area contributed by atoms with Gasteiger partial charge in [0.05, 0.1) is 15.7 Å². The molecule has 0 radical (unpaired) electrons. The zero-order valence-electron chi connectivity index (χ0n) is 20.4. The Bertz CT molecular complexity index is 833. The van der Waals surface area contributed by atoms with Crippen molar-refractivity contribution in [2.45, 2.75) is 69.8 Å². The van der Waals surface area contributed by atoms with E-state index in [0.717, 1.165) is 57.2 Å². The van der Waals surface area contributed by atoms with Gasteiger partial charge in [-0.2, -0.15) is 0 Å². The molecule has 0 atom stereocenters. The number of halogens is 4. The number of urea groups is 1. The lowest BCUT2D eigenvalue weighted by molar-refractivity contribution is -0.0395. The van der Waals surface area contributed by atoms with Crippen molar-refractivity contribution in [3.05, 3.63) is 28.2 Å². The van der Waals surface area contributed by atoms with Crippen LogP contribution in [0.1, 0.15) is 57.8 Å². The molecule has 4 rings (SSSR count). The summed E-state index contributed by atoms with van der Waals surface area (Å²) in [4.78, 5) is 17.0. The number of hydrogen-bond acceptors (Lipinski definition) is 3. The fourth-order valence-electron chi connectivity index (χ4n) is 5.70. The summed E-state index contributed by atoms with van der Waals surface area (Å²) in [6.07, 6.45) is 6.38. The summed E-state index contributed by atoms with van der Waals surface area (Å²) in [5.74, 6) is -1.30. The first-order valence-electron chi connectivity index (χ1n) is 13.1. The highest BCUT2D eigenvalue weighted by atomic mass is 35.5. The molecule has 196 valence electrons. The maximum Gasteiger partial charge on any atom is 0.315 e. The van der Waals surface area contributed by atoms with Crippen LogP contribution in [-0.2, 0) is 0 Å². The molecule has 3 fully saturated rings. The minimum absolute atomic E-state index is 0.130. The van der Waals surface area contributed by atoms with E-state index in [1.54, 1.807) is 0 Å². The van der Waals surface area contributed by atoms with Crippen molar-refractivity contribution in [2.75, 3.05) is 44.2 Å². The van der Waals surface area contributed by atoms with Gasteiger partial charge in [-0.25, -0.2) is 13.6 Å². The van der Waals surface area contributed by atoms with E-state index >= 15 is 0 Å². The van der Waals surface area contributed by atoms with E-state index in [9.17, 15) is 13.6 Å². The molecule has 1 aliphatic heterocycles. The molecule has 0 unspecified atom stereocenters. The minimum atomic E-state index is -2.56. The first-order chi connectivity index (χ1) is 16.8. The monoisotopic (exact) mass is 530 g/mol. The summed E-state index contributed by atoms with van der Waals surface area (Å²) >= 11 is 12.6. The number of nitrogens with one attached hydrogen (secondary N) is 2. The van der Waals surface area contributed by atoms with Crippen molar-refractivity contribution in [3.8, 4) is 0 Å². The van der Waals surface area contributed by atoms with E-state index < -0.39 is 5.92 Å². The Balaban J connectivity index is 1.07. The first kappa shape index (κ1) is 26.7. The first-order valence-corrected chi connectivity index (χ1v) is 13.9. The molecule has 1 heterocycles. The van der Waals surface area contributed by atoms with Gasteiger partial charge in [-0.1, -0.05) is 42.1 Å². The number of rotatable bonds is 7. The van der Waals surface area contributed by atoms with Gasteiger partial charge in [0, 0.05) is 51.6 Å². The molecule has 2 amide bonds. The molecule has 0 bridgehead atoms. The number of anilines is 1. The van der Waals surface area contributed by atoms with Crippen LogP contribution >= 0.6 is 23.2 Å². The third-order valence-corrected chi connectivity index (χ3v) is 8.88. The average molecular weight is 532 g/mol. The van der Waals surface area contributed by atoms with Crippen LogP contribution in [0.3, 0.4) is 0 Å². The Labute approximate surface area is 217 Å². The fraction of sp³-hybridized carbons (Fsp3) is 0.731.